The van der Waals surface area contributed by atoms with Crippen LogP contribution in [-0.4, -0.2) is 15.0 Å². The van der Waals surface area contributed by atoms with E-state index in [0.29, 0.717) is 19.7 Å². The van der Waals surface area contributed by atoms with Crippen LogP contribution in [0.1, 0.15) is 17.0 Å². The van der Waals surface area contributed by atoms with Gasteiger partial charge in [0.05, 0.1) is 6.54 Å². The number of nitrogens with two attached hydrogens (primary N) is 1. The summed E-state index contributed by atoms with van der Waals surface area (Å²) in [6.07, 6.45) is 1.77. The Hall–Kier alpha value is -2.14. The molecule has 0 spiro atoms. The van der Waals surface area contributed by atoms with Gasteiger partial charge in [-0.05, 0) is 19.1 Å². The maximum Gasteiger partial charge on any atom is 0.132 e. The smallest absolute Gasteiger partial charge is 0.132 e. The van der Waals surface area contributed by atoms with E-state index in [9.17, 15) is 0 Å². The second-order valence-electron chi connectivity index (χ2n) is 4.26. The highest BCUT2D eigenvalue weighted by molar-refractivity contribution is 5.26. The predicted molar refractivity (Wildman–Crippen MR) is 73.6 cm³/mol. The van der Waals surface area contributed by atoms with E-state index in [-0.39, 0.29) is 0 Å². The summed E-state index contributed by atoms with van der Waals surface area (Å²) in [6, 6.07) is 7.91. The highest BCUT2D eigenvalue weighted by atomic mass is 16.5. The zero-order chi connectivity index (χ0) is 13.7. The first-order valence-electron chi connectivity index (χ1n) is 6.16. The van der Waals surface area contributed by atoms with E-state index >= 15 is 0 Å². The van der Waals surface area contributed by atoms with Crippen molar-refractivity contribution in [3.8, 4) is 5.75 Å². The van der Waals surface area contributed by atoms with Crippen LogP contribution in [0.3, 0.4) is 0 Å². The van der Waals surface area contributed by atoms with Crippen molar-refractivity contribution >= 4 is 0 Å². The molecular weight excluding hydrogens is 240 g/mol. The molecule has 0 radical (unpaired) electrons. The van der Waals surface area contributed by atoms with Crippen LogP contribution in [0, 0.1) is 6.92 Å². The first-order valence-corrected chi connectivity index (χ1v) is 6.16. The zero-order valence-corrected chi connectivity index (χ0v) is 11.0. The topological polar surface area (TPSA) is 66.0 Å². The SMILES string of the molecule is C=CCn1nnc(CN)c1COc1ccc(C)cc1. The van der Waals surface area contributed by atoms with Gasteiger partial charge in [-0.1, -0.05) is 29.0 Å². The fourth-order valence-electron chi connectivity index (χ4n) is 1.74. The summed E-state index contributed by atoms with van der Waals surface area (Å²) in [5, 5.41) is 8.08. The summed E-state index contributed by atoms with van der Waals surface area (Å²) >= 11 is 0. The molecule has 0 saturated carbocycles. The standard InChI is InChI=1S/C14H18N4O/c1-3-8-18-14(13(9-15)16-17-18)10-19-12-6-4-11(2)5-7-12/h3-7H,1,8-10,15H2,2H3. The molecule has 0 amide bonds. The highest BCUT2D eigenvalue weighted by Crippen LogP contribution is 2.15. The molecule has 0 fully saturated rings. The lowest BCUT2D eigenvalue weighted by atomic mass is 10.2. The van der Waals surface area contributed by atoms with Gasteiger partial charge < -0.3 is 10.5 Å². The van der Waals surface area contributed by atoms with Crippen LogP contribution in [0.5, 0.6) is 5.75 Å². The number of benzene rings is 1. The van der Waals surface area contributed by atoms with Gasteiger partial charge in [0.1, 0.15) is 23.7 Å². The van der Waals surface area contributed by atoms with Crippen molar-refractivity contribution in [1.82, 2.24) is 15.0 Å². The van der Waals surface area contributed by atoms with Crippen LogP contribution in [0.4, 0.5) is 0 Å². The quantitative estimate of drug-likeness (QED) is 0.802. The average Bonchev–Trinajstić information content (AvgIpc) is 2.81. The molecule has 1 aromatic carbocycles. The number of hydrogen-bond acceptors (Lipinski definition) is 4. The highest BCUT2D eigenvalue weighted by Gasteiger charge is 2.11. The Bertz CT molecular complexity index is 545. The molecule has 5 nitrogen and oxygen atoms in total. The summed E-state index contributed by atoms with van der Waals surface area (Å²) in [4.78, 5) is 0. The Balaban J connectivity index is 2.11. The Morgan fingerprint density at radius 3 is 2.74 bits per heavy atom. The lowest BCUT2D eigenvalue weighted by molar-refractivity contribution is 0.292. The molecule has 0 atom stereocenters. The van der Waals surface area contributed by atoms with E-state index in [1.165, 1.54) is 5.56 Å². The van der Waals surface area contributed by atoms with Crippen LogP contribution in [0.2, 0.25) is 0 Å². The number of hydrogen-bond donors (Lipinski definition) is 1. The van der Waals surface area contributed by atoms with Gasteiger partial charge in [0.25, 0.3) is 0 Å². The van der Waals surface area contributed by atoms with Crippen molar-refractivity contribution in [1.29, 1.82) is 0 Å². The molecule has 2 aromatic rings. The Labute approximate surface area is 112 Å². The molecule has 0 bridgehead atoms. The van der Waals surface area contributed by atoms with Crippen molar-refractivity contribution in [3.05, 3.63) is 53.9 Å². The van der Waals surface area contributed by atoms with Gasteiger partial charge in [-0.2, -0.15) is 0 Å². The fourth-order valence-corrected chi connectivity index (χ4v) is 1.74. The summed E-state index contributed by atoms with van der Waals surface area (Å²) in [7, 11) is 0. The number of rotatable bonds is 6. The molecule has 19 heavy (non-hydrogen) atoms. The molecule has 2 N–H and O–H groups in total. The molecule has 5 heteroatoms. The van der Waals surface area contributed by atoms with E-state index in [1.54, 1.807) is 10.8 Å². The molecule has 100 valence electrons. The molecule has 2 rings (SSSR count). The van der Waals surface area contributed by atoms with Crippen molar-refractivity contribution in [2.45, 2.75) is 26.6 Å². The lowest BCUT2D eigenvalue weighted by Crippen LogP contribution is -2.10. The fraction of sp³-hybridized carbons (Fsp3) is 0.286. The van der Waals surface area contributed by atoms with E-state index in [1.807, 2.05) is 31.2 Å². The molecule has 1 heterocycles. The average molecular weight is 258 g/mol. The third kappa shape index (κ3) is 3.20. The summed E-state index contributed by atoms with van der Waals surface area (Å²) in [5.41, 5.74) is 8.50. The Morgan fingerprint density at radius 2 is 2.11 bits per heavy atom. The predicted octanol–water partition coefficient (Wildman–Crippen LogP) is 1.81. The van der Waals surface area contributed by atoms with Crippen molar-refractivity contribution in [2.24, 2.45) is 5.73 Å². The molecule has 0 unspecified atom stereocenters. The lowest BCUT2D eigenvalue weighted by Gasteiger charge is -2.08. The van der Waals surface area contributed by atoms with Gasteiger partial charge in [0, 0.05) is 6.54 Å². The van der Waals surface area contributed by atoms with E-state index < -0.39 is 0 Å². The molecule has 0 aliphatic rings. The normalized spacial score (nSPS) is 10.4. The first kappa shape index (κ1) is 13.3. The second kappa shape index (κ2) is 6.15. The molecule has 0 aliphatic heterocycles. The van der Waals surface area contributed by atoms with Crippen molar-refractivity contribution in [3.63, 3.8) is 0 Å². The van der Waals surface area contributed by atoms with E-state index in [4.69, 9.17) is 10.5 Å². The second-order valence-corrected chi connectivity index (χ2v) is 4.26. The monoisotopic (exact) mass is 258 g/mol. The first-order chi connectivity index (χ1) is 9.24. The Morgan fingerprint density at radius 1 is 1.37 bits per heavy atom. The summed E-state index contributed by atoms with van der Waals surface area (Å²) in [5.74, 6) is 0.819. The van der Waals surface area contributed by atoms with E-state index in [0.717, 1.165) is 17.1 Å². The maximum absolute atomic E-state index is 5.74. The minimum absolute atomic E-state index is 0.351. The van der Waals surface area contributed by atoms with Gasteiger partial charge in [-0.25, -0.2) is 4.68 Å². The summed E-state index contributed by atoms with van der Waals surface area (Å²) < 4.78 is 7.50. The zero-order valence-electron chi connectivity index (χ0n) is 11.0. The minimum Gasteiger partial charge on any atom is -0.487 e. The molecule has 1 aromatic heterocycles. The summed E-state index contributed by atoms with van der Waals surface area (Å²) in [6.45, 7) is 7.09. The number of nitrogens with zero attached hydrogens (tertiary/aromatic N) is 3. The van der Waals surface area contributed by atoms with Crippen LogP contribution < -0.4 is 10.5 Å². The van der Waals surface area contributed by atoms with Gasteiger partial charge >= 0.3 is 0 Å². The van der Waals surface area contributed by atoms with Gasteiger partial charge in [0.15, 0.2) is 0 Å². The molecule has 0 saturated heterocycles. The van der Waals surface area contributed by atoms with Crippen LogP contribution >= 0.6 is 0 Å². The Kier molecular flexibility index (Phi) is 4.30. The maximum atomic E-state index is 5.74. The largest absolute Gasteiger partial charge is 0.487 e. The van der Waals surface area contributed by atoms with Crippen molar-refractivity contribution in [2.75, 3.05) is 0 Å². The van der Waals surface area contributed by atoms with Gasteiger partial charge in [-0.3, -0.25) is 0 Å². The van der Waals surface area contributed by atoms with E-state index in [2.05, 4.69) is 16.9 Å². The third-order valence-corrected chi connectivity index (χ3v) is 2.81. The number of ether oxygens (including phenoxy) is 1. The van der Waals surface area contributed by atoms with Crippen molar-refractivity contribution < 1.29 is 4.74 Å². The molecular formula is C14H18N4O. The van der Waals surface area contributed by atoms with Crippen LogP contribution in [-0.2, 0) is 19.7 Å². The minimum atomic E-state index is 0.351. The van der Waals surface area contributed by atoms with Crippen LogP contribution in [0.25, 0.3) is 0 Å². The number of allylic oxidation sites excluding steroid dienone is 1. The number of aryl methyl sites for hydroxylation is 1. The number of aromatic nitrogens is 3. The van der Waals surface area contributed by atoms with Gasteiger partial charge in [-0.15, -0.1) is 11.7 Å². The van der Waals surface area contributed by atoms with Gasteiger partial charge in [0.2, 0.25) is 0 Å². The third-order valence-electron chi connectivity index (χ3n) is 2.81. The van der Waals surface area contributed by atoms with Crippen LogP contribution in [0.15, 0.2) is 36.9 Å². The molecule has 0 aliphatic carbocycles.